The van der Waals surface area contributed by atoms with Crippen LogP contribution in [-0.2, 0) is 0 Å². The minimum Gasteiger partial charge on any atom is -0.309 e. The third-order valence-corrected chi connectivity index (χ3v) is 2.88. The van der Waals surface area contributed by atoms with Crippen molar-refractivity contribution in [3.63, 3.8) is 0 Å². The Morgan fingerprint density at radius 2 is 2.33 bits per heavy atom. The molecule has 1 N–H and O–H groups in total. The van der Waals surface area contributed by atoms with Gasteiger partial charge in [-0.25, -0.2) is 0 Å². The van der Waals surface area contributed by atoms with E-state index in [1.165, 1.54) is 9.13 Å². The van der Waals surface area contributed by atoms with Crippen molar-refractivity contribution < 1.29 is 0 Å². The average molecular weight is 313 g/mol. The molecule has 80 valence electrons. The Kier molecular flexibility index (Phi) is 5.74. The van der Waals surface area contributed by atoms with Gasteiger partial charge in [0.05, 0.1) is 0 Å². The lowest BCUT2D eigenvalue weighted by Crippen LogP contribution is -2.21. The second-order valence-electron chi connectivity index (χ2n) is 3.47. The maximum atomic E-state index is 5.38. The summed E-state index contributed by atoms with van der Waals surface area (Å²) in [6, 6.07) is 8.79. The number of nitrogens with one attached hydrogen (secondary N) is 1. The number of hydrogen-bond donors (Lipinski definition) is 1. The van der Waals surface area contributed by atoms with Crippen molar-refractivity contribution in [2.24, 2.45) is 0 Å². The molecule has 0 amide bonds. The monoisotopic (exact) mass is 313 g/mol. The zero-order valence-electron chi connectivity index (χ0n) is 8.96. The summed E-state index contributed by atoms with van der Waals surface area (Å²) in [5.41, 5.74) is 1.29. The Bertz CT molecular complexity index is 341. The van der Waals surface area contributed by atoms with E-state index in [4.69, 9.17) is 6.42 Å². The minimum absolute atomic E-state index is 0.296. The summed E-state index contributed by atoms with van der Waals surface area (Å²) in [6.07, 6.45) is 7.26. The van der Waals surface area contributed by atoms with E-state index in [1.807, 2.05) is 0 Å². The molecule has 0 aliphatic rings. The second kappa shape index (κ2) is 6.86. The molecule has 1 unspecified atom stereocenters. The Morgan fingerprint density at radius 3 is 2.93 bits per heavy atom. The molecule has 1 nitrogen and oxygen atoms in total. The summed E-state index contributed by atoms with van der Waals surface area (Å²) in [7, 11) is 0. The smallest absolute Gasteiger partial charge is 0.0431 e. The van der Waals surface area contributed by atoms with Crippen LogP contribution in [-0.4, -0.2) is 6.54 Å². The highest BCUT2D eigenvalue weighted by molar-refractivity contribution is 14.1. The van der Waals surface area contributed by atoms with Crippen LogP contribution in [0.5, 0.6) is 0 Å². The Labute approximate surface area is 106 Å². The molecule has 0 aliphatic heterocycles. The van der Waals surface area contributed by atoms with E-state index >= 15 is 0 Å². The molecule has 0 saturated heterocycles. The summed E-state index contributed by atoms with van der Waals surface area (Å²) in [6.45, 7) is 3.17. The van der Waals surface area contributed by atoms with Crippen LogP contribution in [0, 0.1) is 15.9 Å². The number of rotatable bonds is 5. The van der Waals surface area contributed by atoms with Crippen molar-refractivity contribution in [3.05, 3.63) is 33.4 Å². The number of terminal acetylenes is 1. The predicted octanol–water partition coefficient (Wildman–Crippen LogP) is 3.36. The summed E-state index contributed by atoms with van der Waals surface area (Å²) >= 11 is 2.33. The van der Waals surface area contributed by atoms with Gasteiger partial charge in [0.15, 0.2) is 0 Å². The van der Waals surface area contributed by atoms with Crippen molar-refractivity contribution in [3.8, 4) is 12.3 Å². The van der Waals surface area contributed by atoms with Gasteiger partial charge in [0, 0.05) is 16.0 Å². The first-order valence-corrected chi connectivity index (χ1v) is 6.28. The zero-order valence-corrected chi connectivity index (χ0v) is 11.1. The first-order chi connectivity index (χ1) is 7.27. The fourth-order valence-electron chi connectivity index (χ4n) is 1.47. The van der Waals surface area contributed by atoms with Gasteiger partial charge in [-0.3, -0.25) is 0 Å². The standard InChI is InChI=1S/C13H16IN/c1-3-6-13(15-9-4-2)11-7-5-8-12(14)10-11/h1,5,7-8,10,13,15H,4,6,9H2,2H3. The fraction of sp³-hybridized carbons (Fsp3) is 0.385. The molecule has 1 aromatic carbocycles. The molecular weight excluding hydrogens is 297 g/mol. The summed E-state index contributed by atoms with van der Waals surface area (Å²) in [5.74, 6) is 2.73. The van der Waals surface area contributed by atoms with Crippen LogP contribution in [0.3, 0.4) is 0 Å². The first kappa shape index (κ1) is 12.5. The molecule has 0 radical (unpaired) electrons. The highest BCUT2D eigenvalue weighted by atomic mass is 127. The predicted molar refractivity (Wildman–Crippen MR) is 73.6 cm³/mol. The van der Waals surface area contributed by atoms with Crippen LogP contribution in [0.25, 0.3) is 0 Å². The third kappa shape index (κ3) is 4.23. The number of hydrogen-bond acceptors (Lipinski definition) is 1. The van der Waals surface area contributed by atoms with E-state index in [1.54, 1.807) is 0 Å². The van der Waals surface area contributed by atoms with Gasteiger partial charge in [0.1, 0.15) is 0 Å². The molecule has 0 aromatic heterocycles. The van der Waals surface area contributed by atoms with Crippen molar-refractivity contribution in [1.29, 1.82) is 0 Å². The van der Waals surface area contributed by atoms with E-state index in [9.17, 15) is 0 Å². The highest BCUT2D eigenvalue weighted by Crippen LogP contribution is 2.18. The van der Waals surface area contributed by atoms with Crippen molar-refractivity contribution >= 4 is 22.6 Å². The molecule has 1 atom stereocenters. The van der Waals surface area contributed by atoms with Gasteiger partial charge in [0.25, 0.3) is 0 Å². The first-order valence-electron chi connectivity index (χ1n) is 5.20. The quantitative estimate of drug-likeness (QED) is 0.649. The third-order valence-electron chi connectivity index (χ3n) is 2.21. The van der Waals surface area contributed by atoms with Crippen LogP contribution in [0.15, 0.2) is 24.3 Å². The number of benzene rings is 1. The van der Waals surface area contributed by atoms with Crippen molar-refractivity contribution in [2.75, 3.05) is 6.54 Å². The Hall–Kier alpha value is -0.530. The molecule has 0 bridgehead atoms. The molecule has 0 aliphatic carbocycles. The van der Waals surface area contributed by atoms with Crippen LogP contribution in [0.1, 0.15) is 31.4 Å². The van der Waals surface area contributed by atoms with Gasteiger partial charge in [-0.2, -0.15) is 0 Å². The summed E-state index contributed by atoms with van der Waals surface area (Å²) in [4.78, 5) is 0. The van der Waals surface area contributed by atoms with E-state index in [0.717, 1.165) is 19.4 Å². The summed E-state index contributed by atoms with van der Waals surface area (Å²) < 4.78 is 1.26. The normalized spacial score (nSPS) is 12.1. The topological polar surface area (TPSA) is 12.0 Å². The molecule has 0 saturated carbocycles. The zero-order chi connectivity index (χ0) is 11.1. The minimum atomic E-state index is 0.296. The van der Waals surface area contributed by atoms with Crippen LogP contribution in [0.2, 0.25) is 0 Å². The maximum absolute atomic E-state index is 5.38. The van der Waals surface area contributed by atoms with Crippen LogP contribution >= 0.6 is 22.6 Å². The largest absolute Gasteiger partial charge is 0.309 e. The van der Waals surface area contributed by atoms with Crippen LogP contribution in [0.4, 0.5) is 0 Å². The molecule has 1 aromatic rings. The molecule has 2 heteroatoms. The Balaban J connectivity index is 2.75. The molecule has 15 heavy (non-hydrogen) atoms. The van der Waals surface area contributed by atoms with Gasteiger partial charge in [-0.05, 0) is 53.3 Å². The van der Waals surface area contributed by atoms with Crippen LogP contribution < -0.4 is 5.32 Å². The molecule has 0 heterocycles. The highest BCUT2D eigenvalue weighted by Gasteiger charge is 2.08. The van der Waals surface area contributed by atoms with Crippen molar-refractivity contribution in [1.82, 2.24) is 5.32 Å². The molecular formula is C13H16IN. The van der Waals surface area contributed by atoms with E-state index in [0.29, 0.717) is 6.04 Å². The van der Waals surface area contributed by atoms with E-state index in [-0.39, 0.29) is 0 Å². The van der Waals surface area contributed by atoms with Gasteiger partial charge in [-0.15, -0.1) is 12.3 Å². The summed E-state index contributed by atoms with van der Waals surface area (Å²) in [5, 5.41) is 3.47. The van der Waals surface area contributed by atoms with Crippen molar-refractivity contribution in [2.45, 2.75) is 25.8 Å². The lowest BCUT2D eigenvalue weighted by Gasteiger charge is -2.16. The molecule has 1 rings (SSSR count). The lowest BCUT2D eigenvalue weighted by molar-refractivity contribution is 0.542. The number of halogens is 1. The van der Waals surface area contributed by atoms with E-state index < -0.39 is 0 Å². The fourth-order valence-corrected chi connectivity index (χ4v) is 2.03. The SMILES string of the molecule is C#CCC(NCCC)c1cccc(I)c1. The van der Waals surface area contributed by atoms with Gasteiger partial charge >= 0.3 is 0 Å². The average Bonchev–Trinajstić information content (AvgIpc) is 2.24. The maximum Gasteiger partial charge on any atom is 0.0431 e. The Morgan fingerprint density at radius 1 is 1.53 bits per heavy atom. The lowest BCUT2D eigenvalue weighted by atomic mass is 10.0. The molecule has 0 spiro atoms. The van der Waals surface area contributed by atoms with Gasteiger partial charge in [0.2, 0.25) is 0 Å². The van der Waals surface area contributed by atoms with Gasteiger partial charge < -0.3 is 5.32 Å². The van der Waals surface area contributed by atoms with Gasteiger partial charge in [-0.1, -0.05) is 19.1 Å². The second-order valence-corrected chi connectivity index (χ2v) is 4.72. The molecule has 0 fully saturated rings. The van der Waals surface area contributed by atoms with E-state index in [2.05, 4.69) is 65.0 Å².